The summed E-state index contributed by atoms with van der Waals surface area (Å²) in [6.45, 7) is 27.0. The number of nitrogens with one attached hydrogen (secondary N) is 1. The summed E-state index contributed by atoms with van der Waals surface area (Å²) in [6, 6.07) is 5.22. The van der Waals surface area contributed by atoms with Crippen LogP contribution < -0.4 is 5.32 Å². The lowest BCUT2D eigenvalue weighted by Gasteiger charge is -2.68. The van der Waals surface area contributed by atoms with Crippen molar-refractivity contribution in [2.75, 3.05) is 6.61 Å². The second-order valence-corrected chi connectivity index (χ2v) is 27.9. The van der Waals surface area contributed by atoms with Crippen molar-refractivity contribution in [1.82, 2.24) is 5.32 Å². The highest BCUT2D eigenvalue weighted by atomic mass is 32.1. The second-order valence-electron chi connectivity index (χ2n) is 21.6. The number of furan rings is 1. The predicted molar refractivity (Wildman–Crippen MR) is 247 cm³/mol. The van der Waals surface area contributed by atoms with Gasteiger partial charge in [-0.2, -0.15) is 0 Å². The van der Waals surface area contributed by atoms with Crippen LogP contribution in [0, 0.1) is 22.7 Å². The fourth-order valence-corrected chi connectivity index (χ4v) is 18.3. The third kappa shape index (κ3) is 8.51. The summed E-state index contributed by atoms with van der Waals surface area (Å²) < 4.78 is 44.2. The summed E-state index contributed by atoms with van der Waals surface area (Å²) in [4.78, 5) is 72.1. The van der Waals surface area contributed by atoms with Gasteiger partial charge >= 0.3 is 24.0 Å². The molecule has 0 aromatic carbocycles. The number of amides is 1. The average Bonchev–Trinajstić information content (AvgIpc) is 3.94. The van der Waals surface area contributed by atoms with E-state index in [1.807, 2.05) is 6.92 Å². The standard InChI is InChI=1S/C49H71NO14SSi/c1-25(2)66(26(3)4,27(5)6)64-38(36(31-18-16-20-58-31)50-44(56)63-45(10,11)12)43(55)60-32-23-49(57)41(61-42(54)33-19-17-21-65-33)39-47(15,40(53)37(52)35(29(32)8)46(49,13)14)28(7)22-34-48(39,24-59-34)62-30(9)51/h16-21,25-28,32,34,36-39,41,52,57H,22-24H2,1-15H3,(H,50,56)/t28-,32-,34+,36-,37+,38+,39-,41-,47+,48-,49+/m0/s1. The molecule has 0 spiro atoms. The van der Waals surface area contributed by atoms with Gasteiger partial charge in [0.05, 0.1) is 18.8 Å². The monoisotopic (exact) mass is 957 g/mol. The van der Waals surface area contributed by atoms with E-state index in [9.17, 15) is 24.6 Å². The smallest absolute Gasteiger partial charge is 0.408 e. The molecule has 0 unspecified atom stereocenters. The molecule has 6 rings (SSSR count). The molecule has 17 heteroatoms. The van der Waals surface area contributed by atoms with Gasteiger partial charge in [0.25, 0.3) is 0 Å². The van der Waals surface area contributed by atoms with Gasteiger partial charge in [0.2, 0.25) is 8.32 Å². The molecular formula is C49H71NO14SSi. The van der Waals surface area contributed by atoms with Crippen molar-refractivity contribution in [3.8, 4) is 0 Å². The number of alkyl carbamates (subject to hydrolysis) is 1. The van der Waals surface area contributed by atoms with Gasteiger partial charge in [0, 0.05) is 24.2 Å². The third-order valence-electron chi connectivity index (χ3n) is 15.4. The molecule has 1 amide bonds. The minimum atomic E-state index is -3.02. The summed E-state index contributed by atoms with van der Waals surface area (Å²) in [5.74, 6) is -4.61. The van der Waals surface area contributed by atoms with Gasteiger partial charge in [-0.05, 0) is 91.4 Å². The van der Waals surface area contributed by atoms with E-state index in [0.717, 1.165) is 11.3 Å². The molecule has 1 saturated heterocycles. The van der Waals surface area contributed by atoms with Crippen LogP contribution in [0.3, 0.4) is 0 Å². The van der Waals surface area contributed by atoms with Crippen LogP contribution in [0.5, 0.6) is 0 Å². The molecule has 2 aromatic heterocycles. The Balaban J connectivity index is 1.56. The Labute approximate surface area is 393 Å². The molecule has 15 nitrogen and oxygen atoms in total. The van der Waals surface area contributed by atoms with Gasteiger partial charge in [-0.25, -0.2) is 14.4 Å². The minimum Gasteiger partial charge on any atom is -0.467 e. The van der Waals surface area contributed by atoms with E-state index in [-0.39, 0.29) is 45.9 Å². The SMILES string of the molecule is CC(=O)O[C@@]12CO[C@@H]1C[C@H](C)[C@@]1(C)C(=O)[C@H](O)C3=C(C)[C@@H](OC(=O)[C@H](O[Si](C(C)C)(C(C)C)C(C)C)[C@@H](NC(=O)OC(C)(C)C)c4ccco4)C[C@@](O)([C@@H](OC(=O)c4cccs4)[C@H]21)C3(C)C. The number of carbonyl (C=O) groups excluding carboxylic acids is 5. The maximum Gasteiger partial charge on any atom is 0.408 e. The zero-order chi connectivity index (χ0) is 49.3. The van der Waals surface area contributed by atoms with Gasteiger partial charge in [0.15, 0.2) is 17.5 Å². The highest BCUT2D eigenvalue weighted by molar-refractivity contribution is 7.12. The lowest BCUT2D eigenvalue weighted by molar-refractivity contribution is -0.340. The van der Waals surface area contributed by atoms with E-state index in [1.165, 1.54) is 13.2 Å². The molecular weight excluding hydrogens is 887 g/mol. The number of rotatable bonds is 13. The number of ketones is 1. The predicted octanol–water partition coefficient (Wildman–Crippen LogP) is 8.39. The van der Waals surface area contributed by atoms with Crippen LogP contribution in [0.2, 0.25) is 16.6 Å². The second kappa shape index (κ2) is 18.2. The Hall–Kier alpha value is -3.87. The van der Waals surface area contributed by atoms with Gasteiger partial charge in [-0.15, -0.1) is 11.3 Å². The molecule has 2 aromatic rings. The van der Waals surface area contributed by atoms with Crippen LogP contribution >= 0.6 is 11.3 Å². The van der Waals surface area contributed by atoms with E-state index < -0.39 is 121 Å². The summed E-state index contributed by atoms with van der Waals surface area (Å²) in [6.07, 6.45) is -6.65. The molecule has 11 atom stereocenters. The Morgan fingerprint density at radius 2 is 1.62 bits per heavy atom. The Morgan fingerprint density at radius 1 is 0.985 bits per heavy atom. The normalized spacial score (nSPS) is 31.7. The molecule has 3 aliphatic carbocycles. The van der Waals surface area contributed by atoms with E-state index in [0.29, 0.717) is 5.57 Å². The fourth-order valence-electron chi connectivity index (χ4n) is 12.2. The first-order chi connectivity index (χ1) is 30.5. The number of Topliss-reactive ketones (excluding diaryl/α,β-unsaturated/α-hetero) is 1. The van der Waals surface area contributed by atoms with Crippen molar-refractivity contribution < 1.29 is 66.7 Å². The first-order valence-electron chi connectivity index (χ1n) is 23.1. The van der Waals surface area contributed by atoms with E-state index >= 15 is 9.59 Å². The topological polar surface area (TPSA) is 206 Å². The molecule has 1 aliphatic heterocycles. The van der Waals surface area contributed by atoms with Gasteiger partial charge in [-0.1, -0.05) is 75.3 Å². The lowest BCUT2D eigenvalue weighted by atomic mass is 9.43. The number of carbonyl (C=O) groups is 5. The Bertz CT molecular complexity index is 2160. The molecule has 0 radical (unpaired) electrons. The van der Waals surface area contributed by atoms with Crippen LogP contribution in [0.1, 0.15) is 138 Å². The fraction of sp³-hybridized carbons (Fsp3) is 0.694. The van der Waals surface area contributed by atoms with Crippen molar-refractivity contribution in [2.45, 2.75) is 187 Å². The van der Waals surface area contributed by atoms with Crippen molar-refractivity contribution in [3.05, 3.63) is 57.7 Å². The zero-order valence-corrected chi connectivity index (χ0v) is 43.0. The highest BCUT2D eigenvalue weighted by Gasteiger charge is 2.77. The molecule has 3 fully saturated rings. The summed E-state index contributed by atoms with van der Waals surface area (Å²) in [5.41, 5.74) is -7.50. The molecule has 66 heavy (non-hydrogen) atoms. The van der Waals surface area contributed by atoms with Gasteiger partial charge < -0.3 is 48.1 Å². The number of aliphatic hydroxyl groups is 2. The molecule has 2 saturated carbocycles. The van der Waals surface area contributed by atoms with Crippen LogP contribution in [0.25, 0.3) is 0 Å². The molecule has 366 valence electrons. The first kappa shape index (κ1) is 51.5. The van der Waals surface area contributed by atoms with Crippen LogP contribution in [-0.4, -0.2) is 102 Å². The summed E-state index contributed by atoms with van der Waals surface area (Å²) in [5, 5.41) is 31.0. The number of thiophene rings is 1. The maximum absolute atomic E-state index is 15.5. The quantitative estimate of drug-likeness (QED) is 0.0747. The van der Waals surface area contributed by atoms with Crippen LogP contribution in [-0.2, 0) is 42.5 Å². The van der Waals surface area contributed by atoms with Crippen molar-refractivity contribution in [1.29, 1.82) is 0 Å². The average molecular weight is 958 g/mol. The summed E-state index contributed by atoms with van der Waals surface area (Å²) >= 11 is 1.13. The van der Waals surface area contributed by atoms with E-state index in [2.05, 4.69) is 46.9 Å². The molecule has 2 bridgehead atoms. The van der Waals surface area contributed by atoms with Crippen molar-refractivity contribution >= 4 is 49.4 Å². The van der Waals surface area contributed by atoms with E-state index in [1.54, 1.807) is 78.1 Å². The highest BCUT2D eigenvalue weighted by Crippen LogP contribution is 2.65. The van der Waals surface area contributed by atoms with Crippen LogP contribution in [0.15, 0.2) is 51.5 Å². The molecule has 3 heterocycles. The first-order valence-corrected chi connectivity index (χ1v) is 26.2. The lowest BCUT2D eigenvalue weighted by Crippen LogP contribution is -2.80. The number of hydrogen-bond acceptors (Lipinski definition) is 15. The number of fused-ring (bicyclic) bond motifs is 5. The third-order valence-corrected chi connectivity index (χ3v) is 22.4. The van der Waals surface area contributed by atoms with E-state index in [4.69, 9.17) is 32.5 Å². The molecule has 4 aliphatic rings. The van der Waals surface area contributed by atoms with Crippen molar-refractivity contribution in [3.63, 3.8) is 0 Å². The zero-order valence-electron chi connectivity index (χ0n) is 41.1. The largest absolute Gasteiger partial charge is 0.467 e. The minimum absolute atomic E-state index is 0.0331. The number of esters is 3. The van der Waals surface area contributed by atoms with Gasteiger partial charge in [0.1, 0.15) is 52.3 Å². The Morgan fingerprint density at radius 3 is 2.12 bits per heavy atom. The number of aliphatic hydroxyl groups excluding tert-OH is 1. The maximum atomic E-state index is 15.5. The van der Waals surface area contributed by atoms with Crippen molar-refractivity contribution in [2.24, 2.45) is 22.7 Å². The number of hydrogen-bond donors (Lipinski definition) is 3. The Kier molecular flexibility index (Phi) is 14.2. The van der Waals surface area contributed by atoms with Gasteiger partial charge in [-0.3, -0.25) is 9.59 Å². The number of ether oxygens (including phenoxy) is 5. The summed E-state index contributed by atoms with van der Waals surface area (Å²) in [7, 11) is -3.02. The molecule has 3 N–H and O–H groups in total. The van der Waals surface area contributed by atoms with Crippen LogP contribution in [0.4, 0.5) is 4.79 Å².